The molecule has 1 N–H and O–H groups in total. The minimum Gasteiger partial charge on any atom is -0.460 e. The summed E-state index contributed by atoms with van der Waals surface area (Å²) in [5, 5.41) is 1.50. The van der Waals surface area contributed by atoms with E-state index in [1.807, 2.05) is 0 Å². The van der Waals surface area contributed by atoms with Gasteiger partial charge in [0.15, 0.2) is 0 Å². The maximum absolute atomic E-state index is 13.0. The van der Waals surface area contributed by atoms with Crippen LogP contribution in [0.15, 0.2) is 30.3 Å². The van der Waals surface area contributed by atoms with Crippen LogP contribution in [0.25, 0.3) is 5.53 Å². The second-order valence-electron chi connectivity index (χ2n) is 4.87. The van der Waals surface area contributed by atoms with Crippen LogP contribution in [0.2, 0.25) is 0 Å². The van der Waals surface area contributed by atoms with E-state index in [1.54, 1.807) is 30.3 Å². The number of carbonyl (C=O) groups is 3. The Labute approximate surface area is 145 Å². The summed E-state index contributed by atoms with van der Waals surface area (Å²) in [7, 11) is 0.848. The molecule has 0 fully saturated rings. The van der Waals surface area contributed by atoms with Crippen LogP contribution >= 0.6 is 0 Å². The first-order valence-electron chi connectivity index (χ1n) is 7.06. The Kier molecular flexibility index (Phi) is 7.48. The first kappa shape index (κ1) is 20.8. The van der Waals surface area contributed by atoms with Crippen LogP contribution in [-0.4, -0.2) is 47.7 Å². The van der Waals surface area contributed by atoms with Crippen LogP contribution in [0.4, 0.5) is 18.0 Å². The second kappa shape index (κ2) is 9.33. The summed E-state index contributed by atoms with van der Waals surface area (Å²) in [6.45, 7) is -0.281. The zero-order valence-electron chi connectivity index (χ0n) is 13.4. The van der Waals surface area contributed by atoms with E-state index in [2.05, 4.69) is 14.3 Å². The molecule has 140 valence electrons. The van der Waals surface area contributed by atoms with Gasteiger partial charge in [0.05, 0.1) is 7.11 Å². The molecule has 1 unspecified atom stereocenters. The molecule has 1 amide bonds. The molecular formula is C15H14F3N3O5. The number of methoxy groups -OCH3 is 1. The molecule has 0 aliphatic rings. The van der Waals surface area contributed by atoms with Gasteiger partial charge in [-0.2, -0.15) is 18.0 Å². The number of hydrogen-bond acceptors (Lipinski definition) is 5. The lowest BCUT2D eigenvalue weighted by atomic mass is 10.1. The van der Waals surface area contributed by atoms with Gasteiger partial charge >= 0.3 is 24.0 Å². The molecule has 1 aromatic rings. The topological polar surface area (TPSA) is 118 Å². The molecule has 1 aromatic carbocycles. The molecule has 0 heterocycles. The number of Topliss-reactive ketones (excluding diaryl/α,β-unsaturated/α-hetero) is 1. The summed E-state index contributed by atoms with van der Waals surface area (Å²) in [6, 6.07) is 5.54. The molecule has 0 aromatic heterocycles. The quantitative estimate of drug-likeness (QED) is 0.256. The van der Waals surface area contributed by atoms with Crippen molar-refractivity contribution in [2.75, 3.05) is 7.11 Å². The molecular weight excluding hydrogens is 359 g/mol. The fraction of sp³-hybridized carbons (Fsp3) is 0.333. The van der Waals surface area contributed by atoms with Crippen LogP contribution in [-0.2, 0) is 25.7 Å². The lowest BCUT2D eigenvalue weighted by Crippen LogP contribution is -2.48. The Morgan fingerprint density at radius 2 is 1.85 bits per heavy atom. The minimum absolute atomic E-state index is 0.281. The van der Waals surface area contributed by atoms with Gasteiger partial charge in [0.2, 0.25) is 0 Å². The summed E-state index contributed by atoms with van der Waals surface area (Å²) >= 11 is 0. The van der Waals surface area contributed by atoms with Crippen molar-refractivity contribution in [1.82, 2.24) is 5.32 Å². The molecule has 0 aliphatic heterocycles. The Morgan fingerprint density at radius 1 is 1.23 bits per heavy atom. The number of nitrogens with zero attached hydrogens (tertiary/aromatic N) is 2. The van der Waals surface area contributed by atoms with Gasteiger partial charge in [0.1, 0.15) is 12.6 Å². The lowest BCUT2D eigenvalue weighted by molar-refractivity contribution is -0.159. The first-order valence-corrected chi connectivity index (χ1v) is 7.06. The van der Waals surface area contributed by atoms with E-state index >= 15 is 0 Å². The molecule has 1 atom stereocenters. The average molecular weight is 373 g/mol. The second-order valence-corrected chi connectivity index (χ2v) is 4.87. The summed E-state index contributed by atoms with van der Waals surface area (Å²) < 4.78 is 47.8. The highest BCUT2D eigenvalue weighted by Crippen LogP contribution is 2.23. The lowest BCUT2D eigenvalue weighted by Gasteiger charge is -2.20. The third kappa shape index (κ3) is 6.36. The van der Waals surface area contributed by atoms with Crippen LogP contribution < -0.4 is 5.32 Å². The molecule has 0 aliphatic carbocycles. The minimum atomic E-state index is -5.02. The van der Waals surface area contributed by atoms with Gasteiger partial charge in [0.25, 0.3) is 5.78 Å². The molecule has 1 rings (SSSR count). The van der Waals surface area contributed by atoms with Crippen molar-refractivity contribution >= 4 is 23.6 Å². The molecule has 0 radical (unpaired) electrons. The number of amides is 1. The fourth-order valence-corrected chi connectivity index (χ4v) is 1.74. The smallest absolute Gasteiger partial charge is 0.441 e. The highest BCUT2D eigenvalue weighted by atomic mass is 19.4. The van der Waals surface area contributed by atoms with Gasteiger partial charge in [-0.1, -0.05) is 30.3 Å². The molecule has 0 spiro atoms. The molecule has 26 heavy (non-hydrogen) atoms. The SMILES string of the molecule is COC(=O)C(=[N+]=[N-])C(=O)CC(NC(=O)OCc1ccccc1)C(F)(F)F. The zero-order valence-corrected chi connectivity index (χ0v) is 13.4. The number of rotatable bonds is 7. The van der Waals surface area contributed by atoms with Crippen molar-refractivity contribution in [2.45, 2.75) is 25.2 Å². The van der Waals surface area contributed by atoms with Gasteiger partial charge in [-0.05, 0) is 5.56 Å². The molecule has 0 bridgehead atoms. The monoisotopic (exact) mass is 373 g/mol. The molecule has 11 heteroatoms. The number of hydrogen-bond donors (Lipinski definition) is 1. The fourth-order valence-electron chi connectivity index (χ4n) is 1.74. The third-order valence-electron chi connectivity index (χ3n) is 3.03. The van der Waals surface area contributed by atoms with Gasteiger partial charge in [-0.3, -0.25) is 4.79 Å². The number of esters is 1. The number of ether oxygens (including phenoxy) is 2. The van der Waals surface area contributed by atoms with E-state index in [1.165, 1.54) is 5.32 Å². The maximum Gasteiger partial charge on any atom is 0.441 e. The number of carbonyl (C=O) groups excluding carboxylic acids is 3. The number of alkyl carbamates (subject to hydrolysis) is 1. The van der Waals surface area contributed by atoms with Crippen molar-refractivity contribution in [3.05, 3.63) is 41.4 Å². The Bertz CT molecular complexity index is 715. The standard InChI is InChI=1S/C15H14F3N3O5/c1-25-13(23)12(21-19)10(22)7-11(15(16,17)18)20-14(24)26-8-9-5-3-2-4-6-9/h2-6,11H,7-8H2,1H3,(H,20,24). The number of ketones is 1. The van der Waals surface area contributed by atoms with Crippen molar-refractivity contribution in [3.8, 4) is 0 Å². The number of benzene rings is 1. The van der Waals surface area contributed by atoms with Gasteiger partial charge < -0.3 is 20.3 Å². The van der Waals surface area contributed by atoms with Crippen LogP contribution in [0.5, 0.6) is 0 Å². The number of alkyl halides is 3. The van der Waals surface area contributed by atoms with Crippen LogP contribution in [0.1, 0.15) is 12.0 Å². The van der Waals surface area contributed by atoms with Crippen LogP contribution in [0.3, 0.4) is 0 Å². The maximum atomic E-state index is 13.0. The van der Waals surface area contributed by atoms with Gasteiger partial charge in [-0.25, -0.2) is 9.59 Å². The van der Waals surface area contributed by atoms with E-state index < -0.39 is 42.2 Å². The average Bonchev–Trinajstić information content (AvgIpc) is 2.60. The van der Waals surface area contributed by atoms with Crippen molar-refractivity contribution in [2.24, 2.45) is 0 Å². The van der Waals surface area contributed by atoms with E-state index in [0.29, 0.717) is 5.56 Å². The Morgan fingerprint density at radius 3 is 2.35 bits per heavy atom. The first-order chi connectivity index (χ1) is 12.2. The predicted molar refractivity (Wildman–Crippen MR) is 79.9 cm³/mol. The van der Waals surface area contributed by atoms with Gasteiger partial charge in [0, 0.05) is 6.42 Å². The summed E-state index contributed by atoms with van der Waals surface area (Å²) in [6.07, 6.45) is -7.80. The highest BCUT2D eigenvalue weighted by molar-refractivity contribution is 6.62. The summed E-state index contributed by atoms with van der Waals surface area (Å²) in [5.41, 5.74) is 7.90. The third-order valence-corrected chi connectivity index (χ3v) is 3.03. The van der Waals surface area contributed by atoms with E-state index in [4.69, 9.17) is 5.53 Å². The van der Waals surface area contributed by atoms with E-state index in [9.17, 15) is 27.6 Å². The molecule has 0 saturated carbocycles. The Hall–Kier alpha value is -3.20. The highest BCUT2D eigenvalue weighted by Gasteiger charge is 2.45. The normalized spacial score (nSPS) is 11.7. The predicted octanol–water partition coefficient (Wildman–Crippen LogP) is 1.65. The molecule has 8 nitrogen and oxygen atoms in total. The van der Waals surface area contributed by atoms with Gasteiger partial charge in [-0.15, -0.1) is 0 Å². The van der Waals surface area contributed by atoms with E-state index in [0.717, 1.165) is 7.11 Å². The van der Waals surface area contributed by atoms with Crippen molar-refractivity contribution < 1.29 is 41.8 Å². The van der Waals surface area contributed by atoms with Crippen molar-refractivity contribution in [1.29, 1.82) is 0 Å². The number of halogens is 3. The molecule has 0 saturated heterocycles. The summed E-state index contributed by atoms with van der Waals surface area (Å²) in [5.74, 6) is -2.88. The van der Waals surface area contributed by atoms with Crippen LogP contribution in [0, 0.1) is 0 Å². The number of nitrogens with one attached hydrogen (secondary N) is 1. The zero-order chi connectivity index (χ0) is 19.7. The van der Waals surface area contributed by atoms with Crippen molar-refractivity contribution in [3.63, 3.8) is 0 Å². The van der Waals surface area contributed by atoms with E-state index in [-0.39, 0.29) is 6.61 Å². The Balaban J connectivity index is 2.75. The largest absolute Gasteiger partial charge is 0.460 e. The summed E-state index contributed by atoms with van der Waals surface area (Å²) in [4.78, 5) is 36.8.